The van der Waals surface area contributed by atoms with Crippen LogP contribution in [0.25, 0.3) is 0 Å². The van der Waals surface area contributed by atoms with Crippen molar-refractivity contribution in [3.8, 4) is 0 Å². The summed E-state index contributed by atoms with van der Waals surface area (Å²) in [4.78, 5) is 26.0. The van der Waals surface area contributed by atoms with E-state index in [0.717, 1.165) is 89.9 Å². The van der Waals surface area contributed by atoms with E-state index in [1.165, 1.54) is 109 Å². The number of hydrogen-bond acceptors (Lipinski definition) is 5. The van der Waals surface area contributed by atoms with Gasteiger partial charge in [-0.05, 0) is 77.0 Å². The number of carbonyl (C=O) groups is 2. The highest BCUT2D eigenvalue weighted by Gasteiger charge is 2.24. The molecule has 0 aliphatic carbocycles. The second-order valence-corrected chi connectivity index (χ2v) is 16.8. The van der Waals surface area contributed by atoms with Crippen LogP contribution in [0.2, 0.25) is 0 Å². The first-order valence-corrected chi connectivity index (χ1v) is 24.9. The van der Waals surface area contributed by atoms with Gasteiger partial charge in [-0.25, -0.2) is 0 Å². The molecule has 0 aromatic rings. The van der Waals surface area contributed by atoms with Crippen molar-refractivity contribution < 1.29 is 24.5 Å². The third-order valence-corrected chi connectivity index (χ3v) is 11.1. The maximum Gasteiger partial charge on any atom is 0.306 e. The first kappa shape index (κ1) is 55.8. The number of aliphatic hydroxyl groups is 2. The number of carbonyl (C=O) groups excluding carboxylic acids is 2. The molecule has 1 amide bonds. The molecule has 58 heavy (non-hydrogen) atoms. The predicted molar refractivity (Wildman–Crippen MR) is 250 cm³/mol. The van der Waals surface area contributed by atoms with Gasteiger partial charge in [0.1, 0.15) is 6.10 Å². The van der Waals surface area contributed by atoms with Gasteiger partial charge in [0, 0.05) is 6.42 Å². The molecule has 3 atom stereocenters. The lowest BCUT2D eigenvalue weighted by molar-refractivity contribution is -0.151. The molecule has 0 radical (unpaired) electrons. The Morgan fingerprint density at radius 3 is 1.47 bits per heavy atom. The average Bonchev–Trinajstić information content (AvgIpc) is 3.22. The van der Waals surface area contributed by atoms with E-state index in [0.29, 0.717) is 19.3 Å². The molecular formula is C52H95NO5. The smallest absolute Gasteiger partial charge is 0.306 e. The Bertz CT molecular complexity index is 1000. The number of esters is 1. The van der Waals surface area contributed by atoms with E-state index in [1.807, 2.05) is 0 Å². The van der Waals surface area contributed by atoms with E-state index in [4.69, 9.17) is 4.74 Å². The van der Waals surface area contributed by atoms with Crippen molar-refractivity contribution in [2.75, 3.05) is 6.61 Å². The van der Waals surface area contributed by atoms with Crippen molar-refractivity contribution >= 4 is 11.9 Å². The maximum atomic E-state index is 13.2. The normalized spacial score (nSPS) is 13.7. The van der Waals surface area contributed by atoms with Crippen LogP contribution in [0.15, 0.2) is 48.6 Å². The summed E-state index contributed by atoms with van der Waals surface area (Å²) in [5.74, 6) is -0.527. The molecule has 0 aromatic heterocycles. The number of amides is 1. The van der Waals surface area contributed by atoms with Gasteiger partial charge in [-0.1, -0.05) is 204 Å². The van der Waals surface area contributed by atoms with Crippen molar-refractivity contribution in [3.05, 3.63) is 48.6 Å². The highest BCUT2D eigenvalue weighted by Crippen LogP contribution is 2.17. The fraction of sp³-hybridized carbons (Fsp3) is 0.808. The number of nitrogens with one attached hydrogen (secondary N) is 1. The predicted octanol–water partition coefficient (Wildman–Crippen LogP) is 14.7. The lowest BCUT2D eigenvalue weighted by Gasteiger charge is -2.24. The zero-order valence-electron chi connectivity index (χ0n) is 38.4. The van der Waals surface area contributed by atoms with E-state index < -0.39 is 18.2 Å². The first-order valence-electron chi connectivity index (χ1n) is 24.9. The Balaban J connectivity index is 4.59. The van der Waals surface area contributed by atoms with Crippen LogP contribution in [0.5, 0.6) is 0 Å². The summed E-state index contributed by atoms with van der Waals surface area (Å²) in [6.45, 7) is 6.35. The van der Waals surface area contributed by atoms with Crippen LogP contribution in [0, 0.1) is 0 Å². The van der Waals surface area contributed by atoms with E-state index >= 15 is 0 Å². The molecule has 0 saturated carbocycles. The van der Waals surface area contributed by atoms with Crippen LogP contribution in [-0.2, 0) is 14.3 Å². The van der Waals surface area contributed by atoms with E-state index in [1.54, 1.807) is 0 Å². The van der Waals surface area contributed by atoms with Crippen molar-refractivity contribution in [1.29, 1.82) is 0 Å². The molecule has 338 valence electrons. The van der Waals surface area contributed by atoms with Gasteiger partial charge in [0.15, 0.2) is 0 Å². The molecule has 0 spiro atoms. The Morgan fingerprint density at radius 2 is 0.948 bits per heavy atom. The third-order valence-electron chi connectivity index (χ3n) is 11.1. The van der Waals surface area contributed by atoms with Gasteiger partial charge < -0.3 is 20.3 Å². The molecule has 0 aliphatic heterocycles. The van der Waals surface area contributed by atoms with Gasteiger partial charge in [0.2, 0.25) is 5.91 Å². The lowest BCUT2D eigenvalue weighted by atomic mass is 10.0. The second kappa shape index (κ2) is 45.9. The van der Waals surface area contributed by atoms with Crippen LogP contribution < -0.4 is 5.32 Å². The molecule has 6 heteroatoms. The van der Waals surface area contributed by atoms with Gasteiger partial charge in [-0.15, -0.1) is 0 Å². The molecule has 3 N–H and O–H groups in total. The minimum Gasteiger partial charge on any atom is -0.462 e. The van der Waals surface area contributed by atoms with Crippen molar-refractivity contribution in [2.45, 2.75) is 264 Å². The standard InChI is InChI=1S/C52H95NO5/c1-4-7-10-13-16-19-22-24-26-29-32-35-38-41-44-50(55)49(47-54)53-51(56)46-48(43-40-37-34-31-28-21-18-15-12-9-6-3)58-52(57)45-42-39-36-33-30-27-25-23-20-17-14-11-8-5-2/h8,11,17,20,25,27,31,34,48-50,54-55H,4-7,9-10,12-16,18-19,21-24,26,28-30,32-33,35-47H2,1-3H3,(H,53,56)/b11-8+,20-17+,27-25+,34-31-. The van der Waals surface area contributed by atoms with Crippen LogP contribution in [-0.4, -0.2) is 46.9 Å². The molecule has 0 fully saturated rings. The summed E-state index contributed by atoms with van der Waals surface area (Å²) in [6, 6.07) is -0.713. The number of aliphatic hydroxyl groups excluding tert-OH is 2. The SMILES string of the molecule is CC/C=C/C/C=C/C/C=C/CCCCCCC(=O)OC(CCC/C=C\CCCCCCCC)CC(=O)NC(CO)C(O)CCCCCCCCCCCCCCCC. The van der Waals surface area contributed by atoms with Crippen LogP contribution >= 0.6 is 0 Å². The molecule has 0 heterocycles. The van der Waals surface area contributed by atoms with E-state index in [2.05, 4.69) is 74.7 Å². The summed E-state index contributed by atoms with van der Waals surface area (Å²) in [5.41, 5.74) is 0. The molecule has 0 rings (SSSR count). The quantitative estimate of drug-likeness (QED) is 0.0323. The van der Waals surface area contributed by atoms with Gasteiger partial charge in [-0.3, -0.25) is 9.59 Å². The van der Waals surface area contributed by atoms with Crippen LogP contribution in [0.3, 0.4) is 0 Å². The largest absolute Gasteiger partial charge is 0.462 e. The highest BCUT2D eigenvalue weighted by molar-refractivity contribution is 5.77. The molecule has 3 unspecified atom stereocenters. The van der Waals surface area contributed by atoms with Gasteiger partial charge in [0.25, 0.3) is 0 Å². The molecule has 0 aliphatic rings. The minimum atomic E-state index is -0.797. The van der Waals surface area contributed by atoms with Crippen molar-refractivity contribution in [3.63, 3.8) is 0 Å². The lowest BCUT2D eigenvalue weighted by Crippen LogP contribution is -2.46. The summed E-state index contributed by atoms with van der Waals surface area (Å²) in [7, 11) is 0. The topological polar surface area (TPSA) is 95.9 Å². The third kappa shape index (κ3) is 40.6. The van der Waals surface area contributed by atoms with E-state index in [9.17, 15) is 19.8 Å². The highest BCUT2D eigenvalue weighted by atomic mass is 16.5. The molecule has 0 aromatic carbocycles. The van der Waals surface area contributed by atoms with Crippen LogP contribution in [0.4, 0.5) is 0 Å². The van der Waals surface area contributed by atoms with Gasteiger partial charge in [-0.2, -0.15) is 0 Å². The number of allylic oxidation sites excluding steroid dienone is 8. The Morgan fingerprint density at radius 1 is 0.517 bits per heavy atom. The number of ether oxygens (including phenoxy) is 1. The molecular weight excluding hydrogens is 719 g/mol. The molecule has 0 bridgehead atoms. The zero-order chi connectivity index (χ0) is 42.4. The number of hydrogen-bond donors (Lipinski definition) is 3. The van der Waals surface area contributed by atoms with Gasteiger partial charge in [0.05, 0.1) is 25.2 Å². The molecule has 6 nitrogen and oxygen atoms in total. The first-order chi connectivity index (χ1) is 28.5. The average molecular weight is 814 g/mol. The zero-order valence-corrected chi connectivity index (χ0v) is 38.4. The Kier molecular flexibility index (Phi) is 44.2. The fourth-order valence-electron chi connectivity index (χ4n) is 7.39. The monoisotopic (exact) mass is 814 g/mol. The molecule has 0 saturated heterocycles. The summed E-state index contributed by atoms with van der Waals surface area (Å²) in [5, 5.41) is 23.7. The second-order valence-electron chi connectivity index (χ2n) is 16.8. The van der Waals surface area contributed by atoms with Gasteiger partial charge >= 0.3 is 5.97 Å². The van der Waals surface area contributed by atoms with Crippen molar-refractivity contribution in [1.82, 2.24) is 5.32 Å². The summed E-state index contributed by atoms with van der Waals surface area (Å²) in [6.07, 6.45) is 54.6. The number of rotatable bonds is 44. The van der Waals surface area contributed by atoms with Crippen LogP contribution in [0.1, 0.15) is 245 Å². The summed E-state index contributed by atoms with van der Waals surface area (Å²) >= 11 is 0. The van der Waals surface area contributed by atoms with Crippen molar-refractivity contribution in [2.24, 2.45) is 0 Å². The minimum absolute atomic E-state index is 0.0479. The van der Waals surface area contributed by atoms with E-state index in [-0.39, 0.29) is 24.9 Å². The fourth-order valence-corrected chi connectivity index (χ4v) is 7.39. The number of unbranched alkanes of at least 4 members (excludes halogenated alkanes) is 24. The maximum absolute atomic E-state index is 13.2. The summed E-state index contributed by atoms with van der Waals surface area (Å²) < 4.78 is 5.89. The Labute approximate surface area is 359 Å². The Hall–Kier alpha value is -2.18.